The molecule has 0 saturated heterocycles. The lowest BCUT2D eigenvalue weighted by Gasteiger charge is -2.17. The van der Waals surface area contributed by atoms with Crippen LogP contribution in [0, 0.1) is 0 Å². The van der Waals surface area contributed by atoms with Gasteiger partial charge in [0.25, 0.3) is 0 Å². The Balaban J connectivity index is 2.09. The zero-order chi connectivity index (χ0) is 15.1. The number of rotatable bonds is 8. The minimum Gasteiger partial charge on any atom is -0.494 e. The molecule has 0 fully saturated rings. The molecule has 1 aromatic carbocycles. The maximum atomic E-state index is 5.72. The predicted molar refractivity (Wildman–Crippen MR) is 85.6 cm³/mol. The number of likely N-dealkylation sites (N-methyl/N-ethyl adjacent to an activating group) is 1. The van der Waals surface area contributed by atoms with Gasteiger partial charge in [-0.25, -0.2) is 0 Å². The van der Waals surface area contributed by atoms with Crippen molar-refractivity contribution in [3.63, 3.8) is 0 Å². The van der Waals surface area contributed by atoms with E-state index < -0.39 is 0 Å². The van der Waals surface area contributed by atoms with E-state index in [1.807, 2.05) is 24.0 Å². The second-order valence-corrected chi connectivity index (χ2v) is 5.17. The van der Waals surface area contributed by atoms with Crippen LogP contribution in [0.1, 0.15) is 37.4 Å². The van der Waals surface area contributed by atoms with Gasteiger partial charge in [0.1, 0.15) is 5.75 Å². The molecule has 0 bridgehead atoms. The number of benzene rings is 1. The molecule has 4 heteroatoms. The molecule has 21 heavy (non-hydrogen) atoms. The quantitative estimate of drug-likeness (QED) is 0.810. The summed E-state index contributed by atoms with van der Waals surface area (Å²) in [7, 11) is 1.99. The summed E-state index contributed by atoms with van der Waals surface area (Å²) in [6.07, 6.45) is 6.01. The van der Waals surface area contributed by atoms with E-state index in [0.717, 1.165) is 31.7 Å². The normalized spacial score (nSPS) is 12.3. The summed E-state index contributed by atoms with van der Waals surface area (Å²) in [6, 6.07) is 8.61. The van der Waals surface area contributed by atoms with Crippen LogP contribution in [-0.4, -0.2) is 23.4 Å². The highest BCUT2D eigenvalue weighted by molar-refractivity contribution is 5.31. The molecule has 0 spiro atoms. The number of hydrogen-bond acceptors (Lipinski definition) is 3. The molecular weight excluding hydrogens is 262 g/mol. The SMILES string of the molecule is CCCOc1cccc(C(Cc2cnn(CC)c2)NC)c1. The van der Waals surface area contributed by atoms with E-state index in [4.69, 9.17) is 4.74 Å². The van der Waals surface area contributed by atoms with E-state index in [-0.39, 0.29) is 6.04 Å². The van der Waals surface area contributed by atoms with Crippen molar-refractivity contribution in [3.8, 4) is 5.75 Å². The van der Waals surface area contributed by atoms with Crippen molar-refractivity contribution in [2.75, 3.05) is 13.7 Å². The molecule has 0 aliphatic rings. The minimum absolute atomic E-state index is 0.268. The van der Waals surface area contributed by atoms with Gasteiger partial charge in [0.2, 0.25) is 0 Å². The van der Waals surface area contributed by atoms with Crippen LogP contribution in [0.25, 0.3) is 0 Å². The maximum absolute atomic E-state index is 5.72. The second-order valence-electron chi connectivity index (χ2n) is 5.17. The first-order chi connectivity index (χ1) is 10.3. The van der Waals surface area contributed by atoms with Crippen molar-refractivity contribution in [3.05, 3.63) is 47.8 Å². The summed E-state index contributed by atoms with van der Waals surface area (Å²) < 4.78 is 7.68. The van der Waals surface area contributed by atoms with Crippen molar-refractivity contribution in [1.82, 2.24) is 15.1 Å². The van der Waals surface area contributed by atoms with Gasteiger partial charge in [0.15, 0.2) is 0 Å². The zero-order valence-corrected chi connectivity index (χ0v) is 13.2. The first kappa shape index (κ1) is 15.6. The summed E-state index contributed by atoms with van der Waals surface area (Å²) in [5.41, 5.74) is 2.49. The third-order valence-electron chi connectivity index (χ3n) is 3.53. The summed E-state index contributed by atoms with van der Waals surface area (Å²) in [5, 5.41) is 7.72. The van der Waals surface area contributed by atoms with Gasteiger partial charge in [-0.15, -0.1) is 0 Å². The fourth-order valence-corrected chi connectivity index (χ4v) is 2.35. The molecule has 1 aromatic heterocycles. The average Bonchev–Trinajstić information content (AvgIpc) is 2.98. The number of hydrogen-bond donors (Lipinski definition) is 1. The van der Waals surface area contributed by atoms with Crippen molar-refractivity contribution in [1.29, 1.82) is 0 Å². The summed E-state index contributed by atoms with van der Waals surface area (Å²) in [4.78, 5) is 0. The minimum atomic E-state index is 0.268. The van der Waals surface area contributed by atoms with Gasteiger partial charge in [0.05, 0.1) is 12.8 Å². The summed E-state index contributed by atoms with van der Waals surface area (Å²) in [6.45, 7) is 5.88. The van der Waals surface area contributed by atoms with Crippen LogP contribution in [0.4, 0.5) is 0 Å². The predicted octanol–water partition coefficient (Wildman–Crippen LogP) is 3.20. The molecule has 0 aliphatic heterocycles. The molecule has 0 saturated carbocycles. The molecule has 0 amide bonds. The number of nitrogens with zero attached hydrogens (tertiary/aromatic N) is 2. The third kappa shape index (κ3) is 4.33. The number of ether oxygens (including phenoxy) is 1. The lowest BCUT2D eigenvalue weighted by molar-refractivity contribution is 0.317. The molecule has 0 aliphatic carbocycles. The first-order valence-corrected chi connectivity index (χ1v) is 7.68. The topological polar surface area (TPSA) is 39.1 Å². The number of aromatic nitrogens is 2. The standard InChI is InChI=1S/C17H25N3O/c1-4-9-21-16-8-6-7-15(11-16)17(18-3)10-14-12-19-20(5-2)13-14/h6-8,11-13,17-18H,4-5,9-10H2,1-3H3. The molecular formula is C17H25N3O. The van der Waals surface area contributed by atoms with E-state index in [9.17, 15) is 0 Å². The highest BCUT2D eigenvalue weighted by Gasteiger charge is 2.12. The molecule has 1 unspecified atom stereocenters. The molecule has 0 radical (unpaired) electrons. The van der Waals surface area contributed by atoms with Gasteiger partial charge in [0, 0.05) is 18.8 Å². The van der Waals surface area contributed by atoms with Crippen molar-refractivity contribution in [2.45, 2.75) is 39.3 Å². The van der Waals surface area contributed by atoms with Crippen LogP contribution < -0.4 is 10.1 Å². The molecule has 2 aromatic rings. The van der Waals surface area contributed by atoms with Crippen LogP contribution in [0.2, 0.25) is 0 Å². The van der Waals surface area contributed by atoms with Crippen LogP contribution in [-0.2, 0) is 13.0 Å². The zero-order valence-electron chi connectivity index (χ0n) is 13.2. The van der Waals surface area contributed by atoms with Gasteiger partial charge in [-0.1, -0.05) is 19.1 Å². The monoisotopic (exact) mass is 287 g/mol. The Kier molecular flexibility index (Phi) is 5.81. The highest BCUT2D eigenvalue weighted by atomic mass is 16.5. The van der Waals surface area contributed by atoms with E-state index in [2.05, 4.69) is 48.7 Å². The van der Waals surface area contributed by atoms with E-state index in [1.165, 1.54) is 11.1 Å². The second kappa shape index (κ2) is 7.84. The van der Waals surface area contributed by atoms with E-state index in [1.54, 1.807) is 0 Å². The molecule has 1 heterocycles. The number of nitrogens with one attached hydrogen (secondary N) is 1. The smallest absolute Gasteiger partial charge is 0.119 e. The van der Waals surface area contributed by atoms with Crippen LogP contribution in [0.3, 0.4) is 0 Å². The third-order valence-corrected chi connectivity index (χ3v) is 3.53. The van der Waals surface area contributed by atoms with Crippen LogP contribution >= 0.6 is 0 Å². The van der Waals surface area contributed by atoms with E-state index in [0.29, 0.717) is 0 Å². The Bertz CT molecular complexity index is 550. The van der Waals surface area contributed by atoms with Gasteiger partial charge in [-0.2, -0.15) is 5.10 Å². The summed E-state index contributed by atoms with van der Waals surface area (Å²) >= 11 is 0. The van der Waals surface area contributed by atoms with E-state index >= 15 is 0 Å². The Morgan fingerprint density at radius 1 is 1.33 bits per heavy atom. The van der Waals surface area contributed by atoms with Gasteiger partial charge >= 0.3 is 0 Å². The van der Waals surface area contributed by atoms with Crippen LogP contribution in [0.15, 0.2) is 36.7 Å². The number of aryl methyl sites for hydroxylation is 1. The molecule has 1 N–H and O–H groups in total. The molecule has 2 rings (SSSR count). The Hall–Kier alpha value is -1.81. The molecule has 114 valence electrons. The Labute approximate surface area is 127 Å². The molecule has 1 atom stereocenters. The first-order valence-electron chi connectivity index (χ1n) is 7.68. The lowest BCUT2D eigenvalue weighted by atomic mass is 10.0. The largest absolute Gasteiger partial charge is 0.494 e. The van der Waals surface area contributed by atoms with Crippen LogP contribution in [0.5, 0.6) is 5.75 Å². The lowest BCUT2D eigenvalue weighted by Crippen LogP contribution is -2.18. The van der Waals surface area contributed by atoms with Gasteiger partial charge < -0.3 is 10.1 Å². The van der Waals surface area contributed by atoms with Gasteiger partial charge in [-0.05, 0) is 50.1 Å². The Morgan fingerprint density at radius 3 is 2.86 bits per heavy atom. The van der Waals surface area contributed by atoms with Crippen molar-refractivity contribution in [2.24, 2.45) is 0 Å². The van der Waals surface area contributed by atoms with Gasteiger partial charge in [-0.3, -0.25) is 4.68 Å². The highest BCUT2D eigenvalue weighted by Crippen LogP contribution is 2.22. The van der Waals surface area contributed by atoms with Crippen molar-refractivity contribution < 1.29 is 4.74 Å². The average molecular weight is 287 g/mol. The fraction of sp³-hybridized carbons (Fsp3) is 0.471. The fourth-order valence-electron chi connectivity index (χ4n) is 2.35. The maximum Gasteiger partial charge on any atom is 0.119 e. The van der Waals surface area contributed by atoms with Crippen molar-refractivity contribution >= 4 is 0 Å². The Morgan fingerprint density at radius 2 is 2.19 bits per heavy atom. The summed E-state index contributed by atoms with van der Waals surface area (Å²) in [5.74, 6) is 0.943. The molecule has 4 nitrogen and oxygen atoms in total.